The van der Waals surface area contributed by atoms with Gasteiger partial charge >= 0.3 is 0 Å². The standard InChI is InChI=1S/C16H30N4O2.ClH/c1-18-7-4-13-5-9-19(10-6-13)12-15(21)20-8-2-3-14(11-20)16(17)22;/h13-14,18H,2-12H2,1H3,(H2,17,22);1H. The normalized spacial score (nSPS) is 23.3. The number of likely N-dealkylation sites (tertiary alicyclic amines) is 2. The van der Waals surface area contributed by atoms with E-state index < -0.39 is 0 Å². The Morgan fingerprint density at radius 1 is 1.17 bits per heavy atom. The zero-order valence-corrected chi connectivity index (χ0v) is 14.9. The Labute approximate surface area is 145 Å². The smallest absolute Gasteiger partial charge is 0.236 e. The monoisotopic (exact) mass is 346 g/mol. The molecule has 0 aromatic carbocycles. The summed E-state index contributed by atoms with van der Waals surface area (Å²) >= 11 is 0. The molecule has 2 rings (SSSR count). The lowest BCUT2D eigenvalue weighted by Gasteiger charge is -2.35. The summed E-state index contributed by atoms with van der Waals surface area (Å²) in [5.41, 5.74) is 5.38. The van der Waals surface area contributed by atoms with Crippen LogP contribution in [-0.2, 0) is 9.59 Å². The van der Waals surface area contributed by atoms with Crippen molar-refractivity contribution in [3.8, 4) is 0 Å². The molecule has 2 heterocycles. The van der Waals surface area contributed by atoms with E-state index in [1.165, 1.54) is 19.3 Å². The summed E-state index contributed by atoms with van der Waals surface area (Å²) in [5, 5.41) is 3.20. The summed E-state index contributed by atoms with van der Waals surface area (Å²) < 4.78 is 0. The van der Waals surface area contributed by atoms with Gasteiger partial charge in [0.25, 0.3) is 0 Å². The van der Waals surface area contributed by atoms with Gasteiger partial charge in [0, 0.05) is 13.1 Å². The maximum atomic E-state index is 12.4. The molecule has 3 N–H and O–H groups in total. The van der Waals surface area contributed by atoms with Gasteiger partial charge in [-0.3, -0.25) is 14.5 Å². The highest BCUT2D eigenvalue weighted by Gasteiger charge is 2.28. The van der Waals surface area contributed by atoms with Crippen LogP contribution in [0.15, 0.2) is 0 Å². The Morgan fingerprint density at radius 3 is 2.48 bits per heavy atom. The molecular formula is C16H31ClN4O2. The minimum atomic E-state index is -0.275. The number of hydrogen-bond acceptors (Lipinski definition) is 4. The van der Waals surface area contributed by atoms with Crippen molar-refractivity contribution in [2.75, 3.05) is 46.3 Å². The Hall–Kier alpha value is -0.850. The molecule has 2 amide bonds. The van der Waals surface area contributed by atoms with Gasteiger partial charge in [0.1, 0.15) is 0 Å². The molecule has 7 heteroatoms. The molecular weight excluding hydrogens is 316 g/mol. The molecule has 1 unspecified atom stereocenters. The highest BCUT2D eigenvalue weighted by Crippen LogP contribution is 2.21. The highest BCUT2D eigenvalue weighted by atomic mass is 35.5. The van der Waals surface area contributed by atoms with Gasteiger partial charge in [-0.05, 0) is 64.7 Å². The van der Waals surface area contributed by atoms with Crippen molar-refractivity contribution in [3.05, 3.63) is 0 Å². The first kappa shape index (κ1) is 20.2. The molecule has 0 saturated carbocycles. The van der Waals surface area contributed by atoms with Gasteiger partial charge < -0.3 is 16.0 Å². The number of nitrogens with one attached hydrogen (secondary N) is 1. The predicted molar refractivity (Wildman–Crippen MR) is 93.5 cm³/mol. The fraction of sp³-hybridized carbons (Fsp3) is 0.875. The first-order valence-corrected chi connectivity index (χ1v) is 8.54. The van der Waals surface area contributed by atoms with Crippen molar-refractivity contribution in [2.24, 2.45) is 17.6 Å². The average molecular weight is 347 g/mol. The Balaban J connectivity index is 0.00000264. The van der Waals surface area contributed by atoms with E-state index in [1.54, 1.807) is 0 Å². The quantitative estimate of drug-likeness (QED) is 0.732. The minimum Gasteiger partial charge on any atom is -0.369 e. The second kappa shape index (κ2) is 10.1. The van der Waals surface area contributed by atoms with Gasteiger partial charge in [-0.1, -0.05) is 0 Å². The Kier molecular flexibility index (Phi) is 8.87. The third kappa shape index (κ3) is 6.28. The van der Waals surface area contributed by atoms with Gasteiger partial charge in [0.2, 0.25) is 11.8 Å². The molecule has 23 heavy (non-hydrogen) atoms. The van der Waals surface area contributed by atoms with E-state index >= 15 is 0 Å². The number of rotatable bonds is 6. The van der Waals surface area contributed by atoms with E-state index in [0.717, 1.165) is 44.9 Å². The Bertz CT molecular complexity index is 386. The molecule has 0 radical (unpaired) electrons. The van der Waals surface area contributed by atoms with Gasteiger partial charge in [0.05, 0.1) is 12.5 Å². The van der Waals surface area contributed by atoms with Crippen LogP contribution in [-0.4, -0.2) is 67.9 Å². The first-order valence-electron chi connectivity index (χ1n) is 8.54. The lowest BCUT2D eigenvalue weighted by atomic mass is 9.93. The molecule has 0 aliphatic carbocycles. The summed E-state index contributed by atoms with van der Waals surface area (Å²) in [7, 11) is 1.99. The number of hydrogen-bond donors (Lipinski definition) is 2. The van der Waals surface area contributed by atoms with Gasteiger partial charge in [-0.25, -0.2) is 0 Å². The fourth-order valence-corrected chi connectivity index (χ4v) is 3.51. The van der Waals surface area contributed by atoms with Crippen molar-refractivity contribution in [1.29, 1.82) is 0 Å². The minimum absolute atomic E-state index is 0. The third-order valence-corrected chi connectivity index (χ3v) is 5.05. The predicted octanol–water partition coefficient (Wildman–Crippen LogP) is 0.454. The third-order valence-electron chi connectivity index (χ3n) is 5.05. The number of nitrogens with zero attached hydrogens (tertiary/aromatic N) is 2. The average Bonchev–Trinajstić information content (AvgIpc) is 2.54. The number of carbonyl (C=O) groups is 2. The summed E-state index contributed by atoms with van der Waals surface area (Å²) in [6, 6.07) is 0. The summed E-state index contributed by atoms with van der Waals surface area (Å²) in [5.74, 6) is 0.500. The lowest BCUT2D eigenvalue weighted by Crippen LogP contribution is -2.48. The topological polar surface area (TPSA) is 78.7 Å². The van der Waals surface area contributed by atoms with Crippen molar-refractivity contribution < 1.29 is 9.59 Å². The number of nitrogens with two attached hydrogens (primary N) is 1. The van der Waals surface area contributed by atoms with Gasteiger partial charge in [0.15, 0.2) is 0 Å². The molecule has 6 nitrogen and oxygen atoms in total. The molecule has 134 valence electrons. The van der Waals surface area contributed by atoms with Crippen molar-refractivity contribution in [2.45, 2.75) is 32.1 Å². The number of halogens is 1. The van der Waals surface area contributed by atoms with E-state index in [1.807, 2.05) is 11.9 Å². The van der Waals surface area contributed by atoms with Gasteiger partial charge in [-0.15, -0.1) is 12.4 Å². The molecule has 0 aromatic heterocycles. The van der Waals surface area contributed by atoms with Crippen molar-refractivity contribution >= 4 is 24.2 Å². The zero-order chi connectivity index (χ0) is 15.9. The molecule has 2 aliphatic heterocycles. The SMILES string of the molecule is CNCCC1CCN(CC(=O)N2CCCC(C(N)=O)C2)CC1.Cl. The van der Waals surface area contributed by atoms with Crippen molar-refractivity contribution in [1.82, 2.24) is 15.1 Å². The molecule has 0 bridgehead atoms. The maximum Gasteiger partial charge on any atom is 0.236 e. The van der Waals surface area contributed by atoms with Crippen LogP contribution in [0.3, 0.4) is 0 Å². The molecule has 2 fully saturated rings. The largest absolute Gasteiger partial charge is 0.369 e. The molecule has 1 atom stereocenters. The number of piperidine rings is 2. The second-order valence-electron chi connectivity index (χ2n) is 6.69. The summed E-state index contributed by atoms with van der Waals surface area (Å²) in [6.45, 7) is 4.85. The summed E-state index contributed by atoms with van der Waals surface area (Å²) in [6.07, 6.45) is 5.28. The Morgan fingerprint density at radius 2 is 1.87 bits per heavy atom. The maximum absolute atomic E-state index is 12.4. The van der Waals surface area contributed by atoms with E-state index in [-0.39, 0.29) is 30.1 Å². The van der Waals surface area contributed by atoms with Crippen molar-refractivity contribution in [3.63, 3.8) is 0 Å². The van der Waals surface area contributed by atoms with E-state index in [9.17, 15) is 9.59 Å². The molecule has 0 aromatic rings. The fourth-order valence-electron chi connectivity index (χ4n) is 3.51. The van der Waals surface area contributed by atoms with Crippen LogP contribution in [0.5, 0.6) is 0 Å². The number of primary amides is 1. The molecule has 2 saturated heterocycles. The zero-order valence-electron chi connectivity index (χ0n) is 14.1. The van der Waals surface area contributed by atoms with Crippen LogP contribution in [0.25, 0.3) is 0 Å². The lowest BCUT2D eigenvalue weighted by molar-refractivity contribution is -0.136. The molecule has 2 aliphatic rings. The van der Waals surface area contributed by atoms with E-state index in [4.69, 9.17) is 5.73 Å². The van der Waals surface area contributed by atoms with Crippen LogP contribution in [0, 0.1) is 11.8 Å². The highest BCUT2D eigenvalue weighted by molar-refractivity contribution is 5.85. The van der Waals surface area contributed by atoms with Crippen LogP contribution in [0.4, 0.5) is 0 Å². The number of carbonyl (C=O) groups excluding carboxylic acids is 2. The van der Waals surface area contributed by atoms with Crippen LogP contribution in [0.1, 0.15) is 32.1 Å². The van der Waals surface area contributed by atoms with Crippen LogP contribution >= 0.6 is 12.4 Å². The van der Waals surface area contributed by atoms with Crippen LogP contribution in [0.2, 0.25) is 0 Å². The van der Waals surface area contributed by atoms with E-state index in [0.29, 0.717) is 13.1 Å². The van der Waals surface area contributed by atoms with Crippen LogP contribution < -0.4 is 11.1 Å². The molecule has 0 spiro atoms. The second-order valence-corrected chi connectivity index (χ2v) is 6.69. The number of amides is 2. The summed E-state index contributed by atoms with van der Waals surface area (Å²) in [4.78, 5) is 27.8. The first-order chi connectivity index (χ1) is 10.6. The van der Waals surface area contributed by atoms with Gasteiger partial charge in [-0.2, -0.15) is 0 Å². The van der Waals surface area contributed by atoms with E-state index in [2.05, 4.69) is 10.2 Å².